The minimum atomic E-state index is 0.0238. The molecule has 3 nitrogen and oxygen atoms in total. The van der Waals surface area contributed by atoms with Crippen LogP contribution < -0.4 is 11.1 Å². The Kier molecular flexibility index (Phi) is 5.44. The first kappa shape index (κ1) is 16.1. The molecule has 2 rings (SSSR count). The van der Waals surface area contributed by atoms with E-state index >= 15 is 0 Å². The van der Waals surface area contributed by atoms with E-state index < -0.39 is 0 Å². The maximum atomic E-state index is 12.3. The standard InChI is InChI=1S/C17H24N2OS/c1-13-11-15(21-14(13)7-6-10-18)16(20)19-12-17(2)8-4-3-5-9-17/h11H,3-5,8-10,12,18H2,1-2H3,(H,19,20). The van der Waals surface area contributed by atoms with Crippen LogP contribution in [0.15, 0.2) is 6.07 Å². The van der Waals surface area contributed by atoms with Gasteiger partial charge in [0.05, 0.1) is 16.3 Å². The first-order valence-corrected chi connectivity index (χ1v) is 8.43. The molecule has 1 saturated carbocycles. The smallest absolute Gasteiger partial charge is 0.261 e. The van der Waals surface area contributed by atoms with Gasteiger partial charge < -0.3 is 11.1 Å². The molecule has 0 aliphatic heterocycles. The van der Waals surface area contributed by atoms with Gasteiger partial charge >= 0.3 is 0 Å². The number of nitrogens with two attached hydrogens (primary N) is 1. The van der Waals surface area contributed by atoms with Crippen LogP contribution in [0, 0.1) is 24.2 Å². The number of rotatable bonds is 3. The third-order valence-corrected chi connectivity index (χ3v) is 5.33. The summed E-state index contributed by atoms with van der Waals surface area (Å²) in [7, 11) is 0. The average molecular weight is 304 g/mol. The van der Waals surface area contributed by atoms with E-state index in [-0.39, 0.29) is 11.3 Å². The highest BCUT2D eigenvalue weighted by atomic mass is 32.1. The van der Waals surface area contributed by atoms with Gasteiger partial charge in [0.2, 0.25) is 0 Å². The molecule has 1 aliphatic rings. The van der Waals surface area contributed by atoms with Crippen molar-refractivity contribution < 1.29 is 4.79 Å². The Labute approximate surface area is 131 Å². The Morgan fingerprint density at radius 1 is 1.43 bits per heavy atom. The molecule has 0 saturated heterocycles. The zero-order valence-corrected chi connectivity index (χ0v) is 13.7. The second-order valence-corrected chi connectivity index (χ2v) is 7.23. The lowest BCUT2D eigenvalue weighted by Gasteiger charge is -2.33. The minimum Gasteiger partial charge on any atom is -0.351 e. The van der Waals surface area contributed by atoms with Crippen molar-refractivity contribution in [3.8, 4) is 11.8 Å². The fourth-order valence-corrected chi connectivity index (χ4v) is 3.78. The number of thiophene rings is 1. The van der Waals surface area contributed by atoms with Crippen LogP contribution in [0.4, 0.5) is 0 Å². The molecule has 1 aromatic heterocycles. The van der Waals surface area contributed by atoms with E-state index in [1.807, 2.05) is 13.0 Å². The third-order valence-electron chi connectivity index (χ3n) is 4.18. The van der Waals surface area contributed by atoms with Crippen molar-refractivity contribution in [1.29, 1.82) is 0 Å². The molecule has 0 bridgehead atoms. The van der Waals surface area contributed by atoms with Crippen LogP contribution in [0.25, 0.3) is 0 Å². The summed E-state index contributed by atoms with van der Waals surface area (Å²) in [5.74, 6) is 5.89. The quantitative estimate of drug-likeness (QED) is 0.843. The molecule has 21 heavy (non-hydrogen) atoms. The summed E-state index contributed by atoms with van der Waals surface area (Å²) in [4.78, 5) is 14.0. The molecule has 1 aromatic rings. The minimum absolute atomic E-state index is 0.0238. The second kappa shape index (κ2) is 7.11. The van der Waals surface area contributed by atoms with Crippen LogP contribution in [0.2, 0.25) is 0 Å². The zero-order chi connectivity index (χ0) is 15.3. The number of hydrogen-bond donors (Lipinski definition) is 2. The lowest BCUT2D eigenvalue weighted by molar-refractivity contribution is 0.0923. The molecule has 0 spiro atoms. The molecule has 4 heteroatoms. The van der Waals surface area contributed by atoms with Gasteiger partial charge in [0, 0.05) is 6.54 Å². The van der Waals surface area contributed by atoms with Crippen molar-refractivity contribution in [2.75, 3.05) is 13.1 Å². The lowest BCUT2D eigenvalue weighted by Crippen LogP contribution is -2.36. The molecule has 1 heterocycles. The van der Waals surface area contributed by atoms with Crippen molar-refractivity contribution >= 4 is 17.2 Å². The van der Waals surface area contributed by atoms with Gasteiger partial charge in [0.15, 0.2) is 0 Å². The average Bonchev–Trinajstić information content (AvgIpc) is 2.85. The Bertz CT molecular complexity index is 559. The molecule has 0 unspecified atom stereocenters. The van der Waals surface area contributed by atoms with Crippen molar-refractivity contribution in [1.82, 2.24) is 5.32 Å². The molecule has 0 radical (unpaired) electrons. The summed E-state index contributed by atoms with van der Waals surface area (Å²) in [5.41, 5.74) is 6.71. The van der Waals surface area contributed by atoms with Gasteiger partial charge in [0.1, 0.15) is 0 Å². The first-order valence-electron chi connectivity index (χ1n) is 7.62. The highest BCUT2D eigenvalue weighted by Gasteiger charge is 2.27. The van der Waals surface area contributed by atoms with Gasteiger partial charge in [0.25, 0.3) is 5.91 Å². The van der Waals surface area contributed by atoms with Crippen LogP contribution in [0.1, 0.15) is 59.1 Å². The number of carbonyl (C=O) groups is 1. The maximum Gasteiger partial charge on any atom is 0.261 e. The van der Waals surface area contributed by atoms with Crippen LogP contribution >= 0.6 is 11.3 Å². The summed E-state index contributed by atoms with van der Waals surface area (Å²) in [5, 5.41) is 3.10. The van der Waals surface area contributed by atoms with Crippen LogP contribution in [-0.4, -0.2) is 19.0 Å². The molecule has 1 amide bonds. The van der Waals surface area contributed by atoms with Crippen LogP contribution in [-0.2, 0) is 0 Å². The summed E-state index contributed by atoms with van der Waals surface area (Å²) >= 11 is 1.45. The summed E-state index contributed by atoms with van der Waals surface area (Å²) < 4.78 is 0. The monoisotopic (exact) mass is 304 g/mol. The topological polar surface area (TPSA) is 55.1 Å². The molecular weight excluding hydrogens is 280 g/mol. The molecule has 1 aliphatic carbocycles. The van der Waals surface area contributed by atoms with E-state index in [0.717, 1.165) is 21.9 Å². The van der Waals surface area contributed by atoms with E-state index in [2.05, 4.69) is 24.1 Å². The predicted octanol–water partition coefficient (Wildman–Crippen LogP) is 3.07. The normalized spacial score (nSPS) is 16.9. The van der Waals surface area contributed by atoms with Gasteiger partial charge in [-0.05, 0) is 36.8 Å². The number of aryl methyl sites for hydroxylation is 1. The molecular formula is C17H24N2OS. The van der Waals surface area contributed by atoms with Gasteiger partial charge in [-0.2, -0.15) is 0 Å². The Balaban J connectivity index is 1.97. The van der Waals surface area contributed by atoms with Gasteiger partial charge in [-0.15, -0.1) is 11.3 Å². The number of nitrogens with one attached hydrogen (secondary N) is 1. The summed E-state index contributed by atoms with van der Waals surface area (Å²) in [6.45, 7) is 5.38. The third kappa shape index (κ3) is 4.33. The fourth-order valence-electron chi connectivity index (χ4n) is 2.81. The Hall–Kier alpha value is -1.31. The number of amides is 1. The number of hydrogen-bond acceptors (Lipinski definition) is 3. The molecule has 114 valence electrons. The van der Waals surface area contributed by atoms with Crippen molar-refractivity contribution in [3.05, 3.63) is 21.4 Å². The lowest BCUT2D eigenvalue weighted by atomic mass is 9.76. The first-order chi connectivity index (χ1) is 10.0. The predicted molar refractivity (Wildman–Crippen MR) is 88.5 cm³/mol. The van der Waals surface area contributed by atoms with E-state index in [1.165, 1.54) is 43.4 Å². The second-order valence-electron chi connectivity index (χ2n) is 6.18. The van der Waals surface area contributed by atoms with E-state index in [9.17, 15) is 4.79 Å². The van der Waals surface area contributed by atoms with Crippen molar-refractivity contribution in [2.45, 2.75) is 46.0 Å². The largest absolute Gasteiger partial charge is 0.351 e. The van der Waals surface area contributed by atoms with Crippen molar-refractivity contribution in [3.63, 3.8) is 0 Å². The molecule has 1 fully saturated rings. The molecule has 0 aromatic carbocycles. The zero-order valence-electron chi connectivity index (χ0n) is 12.9. The van der Waals surface area contributed by atoms with Crippen molar-refractivity contribution in [2.24, 2.45) is 11.1 Å². The highest BCUT2D eigenvalue weighted by molar-refractivity contribution is 7.14. The van der Waals surface area contributed by atoms with Gasteiger partial charge in [-0.25, -0.2) is 0 Å². The van der Waals surface area contributed by atoms with E-state index in [1.54, 1.807) is 0 Å². The van der Waals surface area contributed by atoms with Crippen LogP contribution in [0.5, 0.6) is 0 Å². The SMILES string of the molecule is Cc1cc(C(=O)NCC2(C)CCCCC2)sc1C#CCN. The fraction of sp³-hybridized carbons (Fsp3) is 0.588. The van der Waals surface area contributed by atoms with Gasteiger partial charge in [-0.1, -0.05) is 38.0 Å². The molecule has 0 atom stereocenters. The Morgan fingerprint density at radius 3 is 2.81 bits per heavy atom. The summed E-state index contributed by atoms with van der Waals surface area (Å²) in [6, 6.07) is 1.92. The molecule has 3 N–H and O–H groups in total. The summed E-state index contributed by atoms with van der Waals surface area (Å²) in [6.07, 6.45) is 6.32. The van der Waals surface area contributed by atoms with Gasteiger partial charge in [-0.3, -0.25) is 4.79 Å². The Morgan fingerprint density at radius 2 is 2.14 bits per heavy atom. The van der Waals surface area contributed by atoms with E-state index in [0.29, 0.717) is 6.54 Å². The number of carbonyl (C=O) groups excluding carboxylic acids is 1. The van der Waals surface area contributed by atoms with E-state index in [4.69, 9.17) is 5.73 Å². The van der Waals surface area contributed by atoms with Crippen LogP contribution in [0.3, 0.4) is 0 Å². The maximum absolute atomic E-state index is 12.3. The highest BCUT2D eigenvalue weighted by Crippen LogP contribution is 2.35.